The highest BCUT2D eigenvalue weighted by atomic mass is 79.9. The van der Waals surface area contributed by atoms with Crippen molar-refractivity contribution in [2.24, 2.45) is 10.9 Å². The Balaban J connectivity index is 2.57. The number of aliphatic imine (C=N–C) groups is 1. The molecule has 1 unspecified atom stereocenters. The predicted octanol–water partition coefficient (Wildman–Crippen LogP) is 2.82. The maximum absolute atomic E-state index is 11.1. The van der Waals surface area contributed by atoms with Gasteiger partial charge in [0.2, 0.25) is 0 Å². The summed E-state index contributed by atoms with van der Waals surface area (Å²) in [7, 11) is 0. The van der Waals surface area contributed by atoms with E-state index in [1.54, 1.807) is 0 Å². The van der Waals surface area contributed by atoms with Crippen LogP contribution in [0.1, 0.15) is 6.92 Å². The van der Waals surface area contributed by atoms with Crippen LogP contribution in [0.15, 0.2) is 51.1 Å². The van der Waals surface area contributed by atoms with Gasteiger partial charge >= 0.3 is 5.97 Å². The standard InChI is InChI=1S/C12H10BrNO2/c1-7-8-5-3-2-4-6-9(8)14-11(13)10(7)12(15)16/h2-7H,1H3,(H,15,16). The molecule has 2 rings (SSSR count). The van der Waals surface area contributed by atoms with Gasteiger partial charge in [-0.15, -0.1) is 0 Å². The van der Waals surface area contributed by atoms with E-state index in [1.165, 1.54) is 0 Å². The van der Waals surface area contributed by atoms with E-state index < -0.39 is 5.97 Å². The van der Waals surface area contributed by atoms with Gasteiger partial charge in [0, 0.05) is 5.92 Å². The molecule has 0 aromatic heterocycles. The van der Waals surface area contributed by atoms with Crippen molar-refractivity contribution in [1.82, 2.24) is 0 Å². The number of carboxylic acid groups (broad SMARTS) is 1. The van der Waals surface area contributed by atoms with Gasteiger partial charge in [0.1, 0.15) is 4.61 Å². The molecule has 0 spiro atoms. The van der Waals surface area contributed by atoms with E-state index in [4.69, 9.17) is 5.11 Å². The third-order valence-corrected chi connectivity index (χ3v) is 3.22. The number of aliphatic carboxylic acids is 1. The number of allylic oxidation sites excluding steroid dienone is 6. The van der Waals surface area contributed by atoms with Crippen molar-refractivity contribution in [3.05, 3.63) is 46.1 Å². The van der Waals surface area contributed by atoms with Crippen LogP contribution in [0, 0.1) is 5.92 Å². The van der Waals surface area contributed by atoms with Crippen molar-refractivity contribution in [3.8, 4) is 0 Å². The number of hydrogen-bond donors (Lipinski definition) is 1. The van der Waals surface area contributed by atoms with E-state index in [0.717, 1.165) is 11.3 Å². The summed E-state index contributed by atoms with van der Waals surface area (Å²) in [5, 5.41) is 9.12. The first kappa shape index (κ1) is 11.1. The highest BCUT2D eigenvalue weighted by Crippen LogP contribution is 2.33. The summed E-state index contributed by atoms with van der Waals surface area (Å²) in [6.45, 7) is 1.87. The molecule has 0 amide bonds. The van der Waals surface area contributed by atoms with Crippen LogP contribution in [0.25, 0.3) is 0 Å². The summed E-state index contributed by atoms with van der Waals surface area (Å²) in [5.74, 6) is -1.09. The number of rotatable bonds is 1. The summed E-state index contributed by atoms with van der Waals surface area (Å²) < 4.78 is 0.409. The number of nitrogens with zero attached hydrogens (tertiary/aromatic N) is 1. The van der Waals surface area contributed by atoms with Gasteiger partial charge in [-0.05, 0) is 27.6 Å². The minimum atomic E-state index is -0.930. The first-order chi connectivity index (χ1) is 7.61. The predicted molar refractivity (Wildman–Crippen MR) is 66.6 cm³/mol. The zero-order chi connectivity index (χ0) is 11.7. The molecule has 3 nitrogen and oxygen atoms in total. The van der Waals surface area contributed by atoms with Crippen LogP contribution >= 0.6 is 15.9 Å². The van der Waals surface area contributed by atoms with E-state index in [0.29, 0.717) is 10.2 Å². The molecule has 82 valence electrons. The molecule has 1 aliphatic carbocycles. The minimum absolute atomic E-state index is 0.160. The van der Waals surface area contributed by atoms with Crippen LogP contribution in [-0.4, -0.2) is 16.8 Å². The van der Waals surface area contributed by atoms with Gasteiger partial charge in [0.25, 0.3) is 0 Å². The number of carbonyl (C=O) groups is 1. The van der Waals surface area contributed by atoms with Gasteiger partial charge in [0.15, 0.2) is 0 Å². The molecular weight excluding hydrogens is 270 g/mol. The van der Waals surface area contributed by atoms with Crippen molar-refractivity contribution in [2.45, 2.75) is 6.92 Å². The molecule has 2 aliphatic rings. The van der Waals surface area contributed by atoms with E-state index in [2.05, 4.69) is 20.9 Å². The molecule has 1 N–H and O–H groups in total. The van der Waals surface area contributed by atoms with Crippen molar-refractivity contribution < 1.29 is 9.90 Å². The van der Waals surface area contributed by atoms with Crippen LogP contribution in [0.3, 0.4) is 0 Å². The molecule has 1 atom stereocenters. The Kier molecular flexibility index (Phi) is 2.92. The quantitative estimate of drug-likeness (QED) is 0.751. The lowest BCUT2D eigenvalue weighted by Gasteiger charge is -2.21. The van der Waals surface area contributed by atoms with Crippen molar-refractivity contribution in [1.29, 1.82) is 0 Å². The second-order valence-electron chi connectivity index (χ2n) is 3.59. The van der Waals surface area contributed by atoms with Crippen LogP contribution in [0.2, 0.25) is 0 Å². The van der Waals surface area contributed by atoms with Crippen LogP contribution in [-0.2, 0) is 4.79 Å². The molecule has 16 heavy (non-hydrogen) atoms. The van der Waals surface area contributed by atoms with Gasteiger partial charge in [-0.25, -0.2) is 9.79 Å². The third kappa shape index (κ3) is 1.80. The second-order valence-corrected chi connectivity index (χ2v) is 4.35. The molecule has 0 bridgehead atoms. The third-order valence-electron chi connectivity index (χ3n) is 2.62. The van der Waals surface area contributed by atoms with Gasteiger partial charge in [-0.3, -0.25) is 0 Å². The summed E-state index contributed by atoms with van der Waals surface area (Å²) in [6, 6.07) is 0. The Morgan fingerprint density at radius 1 is 1.44 bits per heavy atom. The fourth-order valence-corrected chi connectivity index (χ4v) is 2.50. The van der Waals surface area contributed by atoms with Gasteiger partial charge in [-0.2, -0.15) is 0 Å². The average molecular weight is 280 g/mol. The number of hydrogen-bond acceptors (Lipinski definition) is 2. The molecular formula is C12H10BrNO2. The lowest BCUT2D eigenvalue weighted by molar-refractivity contribution is -0.133. The smallest absolute Gasteiger partial charge is 0.334 e. The molecule has 1 heterocycles. The van der Waals surface area contributed by atoms with Crippen molar-refractivity contribution >= 4 is 27.6 Å². The van der Waals surface area contributed by atoms with Crippen molar-refractivity contribution in [3.63, 3.8) is 0 Å². The van der Waals surface area contributed by atoms with E-state index in [-0.39, 0.29) is 5.92 Å². The average Bonchev–Trinajstić information content (AvgIpc) is 2.42. The Hall–Kier alpha value is -1.42. The number of halogens is 1. The van der Waals surface area contributed by atoms with E-state index in [9.17, 15) is 4.79 Å². The maximum atomic E-state index is 11.1. The van der Waals surface area contributed by atoms with E-state index in [1.807, 2.05) is 37.3 Å². The Bertz CT molecular complexity index is 495. The molecule has 0 saturated heterocycles. The highest BCUT2D eigenvalue weighted by Gasteiger charge is 2.29. The van der Waals surface area contributed by atoms with Gasteiger partial charge in [0.05, 0.1) is 11.3 Å². The van der Waals surface area contributed by atoms with Gasteiger partial charge in [-0.1, -0.05) is 31.2 Å². The Labute approximate surface area is 102 Å². The zero-order valence-corrected chi connectivity index (χ0v) is 10.2. The zero-order valence-electron chi connectivity index (χ0n) is 8.64. The lowest BCUT2D eigenvalue weighted by Crippen LogP contribution is -2.21. The fourth-order valence-electron chi connectivity index (χ4n) is 1.79. The van der Waals surface area contributed by atoms with Crippen LogP contribution in [0.4, 0.5) is 0 Å². The normalized spacial score (nSPS) is 23.5. The fraction of sp³-hybridized carbons (Fsp3) is 0.167. The number of fused-ring (bicyclic) bond motifs is 1. The summed E-state index contributed by atoms with van der Waals surface area (Å²) in [5.41, 5.74) is 2.05. The SMILES string of the molecule is CC1C2=CC=CC=CC2=NC(Br)=C1C(=O)O. The summed E-state index contributed by atoms with van der Waals surface area (Å²) >= 11 is 3.21. The molecule has 0 aromatic rings. The first-order valence-corrected chi connectivity index (χ1v) is 5.67. The van der Waals surface area contributed by atoms with Crippen molar-refractivity contribution in [2.75, 3.05) is 0 Å². The second kappa shape index (κ2) is 4.22. The minimum Gasteiger partial charge on any atom is -0.478 e. The largest absolute Gasteiger partial charge is 0.478 e. The lowest BCUT2D eigenvalue weighted by atomic mass is 9.88. The molecule has 0 saturated carbocycles. The van der Waals surface area contributed by atoms with Crippen LogP contribution in [0.5, 0.6) is 0 Å². The molecule has 0 fully saturated rings. The Morgan fingerprint density at radius 2 is 2.19 bits per heavy atom. The Morgan fingerprint density at radius 3 is 2.88 bits per heavy atom. The molecule has 0 aromatic carbocycles. The number of carboxylic acids is 1. The molecule has 4 heteroatoms. The monoisotopic (exact) mass is 279 g/mol. The van der Waals surface area contributed by atoms with E-state index >= 15 is 0 Å². The summed E-state index contributed by atoms with van der Waals surface area (Å²) in [4.78, 5) is 15.4. The topological polar surface area (TPSA) is 49.7 Å². The van der Waals surface area contributed by atoms with Crippen LogP contribution < -0.4 is 0 Å². The first-order valence-electron chi connectivity index (χ1n) is 4.88. The van der Waals surface area contributed by atoms with Gasteiger partial charge < -0.3 is 5.11 Å². The molecule has 0 radical (unpaired) electrons. The maximum Gasteiger partial charge on any atom is 0.334 e. The highest BCUT2D eigenvalue weighted by molar-refractivity contribution is 9.11. The summed E-state index contributed by atoms with van der Waals surface area (Å²) in [6.07, 6.45) is 9.47. The molecule has 1 aliphatic heterocycles.